The third kappa shape index (κ3) is 4.54. The highest BCUT2D eigenvalue weighted by Crippen LogP contribution is 2.17. The number of nitrogens with zero attached hydrogens (tertiary/aromatic N) is 2. The van der Waals surface area contributed by atoms with Crippen molar-refractivity contribution in [2.24, 2.45) is 0 Å². The van der Waals surface area contributed by atoms with Crippen LogP contribution in [0.5, 0.6) is 0 Å². The van der Waals surface area contributed by atoms with Crippen LogP contribution in [-0.4, -0.2) is 60.2 Å². The van der Waals surface area contributed by atoms with Crippen molar-refractivity contribution in [3.63, 3.8) is 0 Å². The summed E-state index contributed by atoms with van der Waals surface area (Å²) in [7, 11) is 0. The van der Waals surface area contributed by atoms with Gasteiger partial charge in [0.15, 0.2) is 0 Å². The molecule has 1 aliphatic rings. The van der Waals surface area contributed by atoms with Crippen LogP contribution in [0, 0.1) is 0 Å². The smallest absolute Gasteiger partial charge is 0.261 e. The summed E-state index contributed by atoms with van der Waals surface area (Å²) in [4.78, 5) is 39.7. The average molecular weight is 337 g/mol. The van der Waals surface area contributed by atoms with Crippen LogP contribution < -0.4 is 5.32 Å². The SMILES string of the molecule is CCc1ccsc1C(=O)NCCC(=O)N1CCN(C(C)=O)CC1. The van der Waals surface area contributed by atoms with E-state index in [9.17, 15) is 14.4 Å². The van der Waals surface area contributed by atoms with E-state index < -0.39 is 0 Å². The van der Waals surface area contributed by atoms with Crippen molar-refractivity contribution in [2.45, 2.75) is 26.7 Å². The Bertz CT molecular complexity index is 577. The van der Waals surface area contributed by atoms with Crippen molar-refractivity contribution in [1.82, 2.24) is 15.1 Å². The van der Waals surface area contributed by atoms with Crippen LogP contribution in [-0.2, 0) is 16.0 Å². The second-order valence-electron chi connectivity index (χ2n) is 5.52. The van der Waals surface area contributed by atoms with Crippen LogP contribution in [0.1, 0.15) is 35.5 Å². The molecule has 0 atom stereocenters. The highest BCUT2D eigenvalue weighted by atomic mass is 32.1. The van der Waals surface area contributed by atoms with Crippen LogP contribution in [0.4, 0.5) is 0 Å². The van der Waals surface area contributed by atoms with Crippen LogP contribution in [0.3, 0.4) is 0 Å². The van der Waals surface area contributed by atoms with E-state index in [2.05, 4.69) is 5.32 Å². The van der Waals surface area contributed by atoms with E-state index in [1.807, 2.05) is 18.4 Å². The Hall–Kier alpha value is -1.89. The monoisotopic (exact) mass is 337 g/mol. The van der Waals surface area contributed by atoms with Crippen molar-refractivity contribution in [3.05, 3.63) is 21.9 Å². The summed E-state index contributed by atoms with van der Waals surface area (Å²) in [6.07, 6.45) is 1.12. The largest absolute Gasteiger partial charge is 0.351 e. The molecule has 0 spiro atoms. The number of carbonyl (C=O) groups is 3. The molecule has 3 amide bonds. The molecule has 0 aromatic carbocycles. The lowest BCUT2D eigenvalue weighted by molar-refractivity contribution is -0.138. The molecule has 1 N–H and O–H groups in total. The fourth-order valence-electron chi connectivity index (χ4n) is 2.61. The van der Waals surface area contributed by atoms with Gasteiger partial charge in [-0.1, -0.05) is 6.92 Å². The number of hydrogen-bond acceptors (Lipinski definition) is 4. The van der Waals surface area contributed by atoms with Gasteiger partial charge in [-0.15, -0.1) is 11.3 Å². The fraction of sp³-hybridized carbons (Fsp3) is 0.562. The first kappa shape index (κ1) is 17.5. The number of piperazine rings is 1. The molecule has 0 unspecified atom stereocenters. The molecular weight excluding hydrogens is 314 g/mol. The Morgan fingerprint density at radius 2 is 1.83 bits per heavy atom. The summed E-state index contributed by atoms with van der Waals surface area (Å²) < 4.78 is 0. The maximum absolute atomic E-state index is 12.1. The van der Waals surface area contributed by atoms with Gasteiger partial charge in [0.1, 0.15) is 0 Å². The molecule has 0 saturated carbocycles. The Labute approximate surface area is 140 Å². The minimum atomic E-state index is -0.106. The molecule has 0 radical (unpaired) electrons. The predicted molar refractivity (Wildman–Crippen MR) is 89.5 cm³/mol. The van der Waals surface area contributed by atoms with Gasteiger partial charge in [0.25, 0.3) is 5.91 Å². The number of amides is 3. The van der Waals surface area contributed by atoms with Crippen LogP contribution in [0.15, 0.2) is 11.4 Å². The molecule has 6 nitrogen and oxygen atoms in total. The molecule has 1 saturated heterocycles. The number of thiophene rings is 1. The molecule has 126 valence electrons. The topological polar surface area (TPSA) is 69.7 Å². The van der Waals surface area contributed by atoms with Crippen LogP contribution in [0.2, 0.25) is 0 Å². The second-order valence-corrected chi connectivity index (χ2v) is 6.44. The molecule has 1 aromatic heterocycles. The summed E-state index contributed by atoms with van der Waals surface area (Å²) >= 11 is 1.43. The van der Waals surface area contributed by atoms with Crippen molar-refractivity contribution in [3.8, 4) is 0 Å². The van der Waals surface area contributed by atoms with Crippen molar-refractivity contribution >= 4 is 29.1 Å². The highest BCUT2D eigenvalue weighted by molar-refractivity contribution is 7.12. The van der Waals surface area contributed by atoms with Gasteiger partial charge >= 0.3 is 0 Å². The Morgan fingerprint density at radius 3 is 2.43 bits per heavy atom. The predicted octanol–water partition coefficient (Wildman–Crippen LogP) is 1.12. The van der Waals surface area contributed by atoms with E-state index in [0.29, 0.717) is 39.1 Å². The van der Waals surface area contributed by atoms with Crippen molar-refractivity contribution in [1.29, 1.82) is 0 Å². The molecule has 7 heteroatoms. The van der Waals surface area contributed by atoms with Gasteiger partial charge in [0.05, 0.1) is 4.88 Å². The molecule has 1 aromatic rings. The lowest BCUT2D eigenvalue weighted by Crippen LogP contribution is -2.50. The second kappa shape index (κ2) is 8.10. The van der Waals surface area contributed by atoms with Gasteiger partial charge in [-0.25, -0.2) is 0 Å². The van der Waals surface area contributed by atoms with E-state index >= 15 is 0 Å². The molecule has 1 fully saturated rings. The molecular formula is C16H23N3O3S. The molecule has 0 aliphatic carbocycles. The normalized spacial score (nSPS) is 14.7. The highest BCUT2D eigenvalue weighted by Gasteiger charge is 2.22. The molecule has 1 aliphatic heterocycles. The van der Waals surface area contributed by atoms with E-state index in [1.165, 1.54) is 11.3 Å². The van der Waals surface area contributed by atoms with Gasteiger partial charge in [-0.3, -0.25) is 14.4 Å². The third-order valence-electron chi connectivity index (χ3n) is 4.04. The van der Waals surface area contributed by atoms with Gasteiger partial charge in [0, 0.05) is 46.1 Å². The summed E-state index contributed by atoms with van der Waals surface area (Å²) in [5.41, 5.74) is 1.04. The quantitative estimate of drug-likeness (QED) is 0.875. The van der Waals surface area contributed by atoms with Gasteiger partial charge < -0.3 is 15.1 Å². The summed E-state index contributed by atoms with van der Waals surface area (Å²) in [5.74, 6) is -0.0338. The summed E-state index contributed by atoms with van der Waals surface area (Å²) in [5, 5.41) is 4.73. The lowest BCUT2D eigenvalue weighted by atomic mass is 10.2. The third-order valence-corrected chi connectivity index (χ3v) is 4.99. The molecule has 2 heterocycles. The Morgan fingerprint density at radius 1 is 1.17 bits per heavy atom. The fourth-order valence-corrected chi connectivity index (χ4v) is 3.52. The van der Waals surface area contributed by atoms with E-state index in [4.69, 9.17) is 0 Å². The summed E-state index contributed by atoms with van der Waals surface area (Å²) in [6, 6.07) is 1.96. The van der Waals surface area contributed by atoms with E-state index in [1.54, 1.807) is 16.7 Å². The van der Waals surface area contributed by atoms with Crippen molar-refractivity contribution < 1.29 is 14.4 Å². The zero-order chi connectivity index (χ0) is 16.8. The van der Waals surface area contributed by atoms with Gasteiger partial charge in [-0.2, -0.15) is 0 Å². The van der Waals surface area contributed by atoms with Crippen LogP contribution in [0.25, 0.3) is 0 Å². The number of rotatable bonds is 5. The first-order chi connectivity index (χ1) is 11.0. The minimum absolute atomic E-state index is 0.0235. The number of aryl methyl sites for hydroxylation is 1. The average Bonchev–Trinajstić information content (AvgIpc) is 3.03. The lowest BCUT2D eigenvalue weighted by Gasteiger charge is -2.34. The summed E-state index contributed by atoms with van der Waals surface area (Å²) in [6.45, 7) is 6.20. The number of hydrogen-bond donors (Lipinski definition) is 1. The first-order valence-electron chi connectivity index (χ1n) is 7.90. The van der Waals surface area contributed by atoms with E-state index in [0.717, 1.165) is 16.9 Å². The first-order valence-corrected chi connectivity index (χ1v) is 8.78. The molecule has 23 heavy (non-hydrogen) atoms. The Kier molecular flexibility index (Phi) is 6.15. The number of nitrogens with one attached hydrogen (secondary N) is 1. The minimum Gasteiger partial charge on any atom is -0.351 e. The maximum Gasteiger partial charge on any atom is 0.261 e. The van der Waals surface area contributed by atoms with Gasteiger partial charge in [0.2, 0.25) is 11.8 Å². The van der Waals surface area contributed by atoms with E-state index in [-0.39, 0.29) is 17.7 Å². The van der Waals surface area contributed by atoms with Crippen LogP contribution >= 0.6 is 11.3 Å². The zero-order valence-corrected chi connectivity index (χ0v) is 14.4. The molecule has 2 rings (SSSR count). The maximum atomic E-state index is 12.1. The standard InChI is InChI=1S/C16H23N3O3S/c1-3-13-5-11-23-15(13)16(22)17-6-4-14(21)19-9-7-18(8-10-19)12(2)20/h5,11H,3-4,6-10H2,1-2H3,(H,17,22). The number of carbonyl (C=O) groups excluding carboxylic acids is 3. The molecule has 0 bridgehead atoms. The Balaban J connectivity index is 1.73. The zero-order valence-electron chi connectivity index (χ0n) is 13.6. The van der Waals surface area contributed by atoms with Gasteiger partial charge in [-0.05, 0) is 23.4 Å². The van der Waals surface area contributed by atoms with Crippen molar-refractivity contribution in [2.75, 3.05) is 32.7 Å².